The summed E-state index contributed by atoms with van der Waals surface area (Å²) in [5, 5.41) is 4.02. The van der Waals surface area contributed by atoms with Crippen molar-refractivity contribution in [1.29, 1.82) is 0 Å². The first-order valence-electron chi connectivity index (χ1n) is 11.3. The number of carbonyl (C=O) groups is 2. The smallest absolute Gasteiger partial charge is 0.343 e. The van der Waals surface area contributed by atoms with Gasteiger partial charge >= 0.3 is 5.97 Å². The van der Waals surface area contributed by atoms with Crippen LogP contribution in [0.15, 0.2) is 107 Å². The van der Waals surface area contributed by atoms with Crippen molar-refractivity contribution < 1.29 is 23.8 Å². The molecule has 0 saturated carbocycles. The number of halogens is 1. The third-order valence-corrected chi connectivity index (χ3v) is 5.69. The predicted octanol–water partition coefficient (Wildman–Crippen LogP) is 6.02. The number of benzene rings is 4. The van der Waals surface area contributed by atoms with Crippen LogP contribution >= 0.6 is 15.9 Å². The van der Waals surface area contributed by atoms with Gasteiger partial charge in [0.05, 0.1) is 18.9 Å². The summed E-state index contributed by atoms with van der Waals surface area (Å²) in [6.07, 6.45) is 1.47. The molecular weight excluding hydrogens is 536 g/mol. The fourth-order valence-corrected chi connectivity index (χ4v) is 3.70. The highest BCUT2D eigenvalue weighted by Crippen LogP contribution is 2.28. The Hall–Kier alpha value is -4.43. The van der Waals surface area contributed by atoms with Crippen LogP contribution in [0.5, 0.6) is 17.2 Å². The molecule has 0 aromatic heterocycles. The number of rotatable bonds is 9. The molecule has 0 heterocycles. The molecular formula is C29H23BrN2O5. The van der Waals surface area contributed by atoms with Gasteiger partial charge in [0.2, 0.25) is 0 Å². The predicted molar refractivity (Wildman–Crippen MR) is 144 cm³/mol. The van der Waals surface area contributed by atoms with Gasteiger partial charge in [-0.05, 0) is 71.8 Å². The number of hydrazone groups is 1. The molecule has 4 rings (SSSR count). The Bertz CT molecular complexity index is 1410. The second kappa shape index (κ2) is 12.5. The Morgan fingerprint density at radius 3 is 2.38 bits per heavy atom. The molecule has 0 atom stereocenters. The van der Waals surface area contributed by atoms with Crippen LogP contribution in [0.2, 0.25) is 0 Å². The lowest BCUT2D eigenvalue weighted by molar-refractivity contribution is 0.0729. The van der Waals surface area contributed by atoms with E-state index >= 15 is 0 Å². The molecule has 0 spiro atoms. The number of esters is 1. The van der Waals surface area contributed by atoms with Gasteiger partial charge in [-0.2, -0.15) is 5.10 Å². The van der Waals surface area contributed by atoms with Crippen LogP contribution in [0.3, 0.4) is 0 Å². The molecule has 7 nitrogen and oxygen atoms in total. The number of carbonyl (C=O) groups excluding carboxylic acids is 2. The van der Waals surface area contributed by atoms with Crippen LogP contribution in [0.4, 0.5) is 0 Å². The molecule has 0 unspecified atom stereocenters. The lowest BCUT2D eigenvalue weighted by Crippen LogP contribution is -2.17. The van der Waals surface area contributed by atoms with E-state index in [1.54, 1.807) is 60.7 Å². The molecule has 1 amide bonds. The van der Waals surface area contributed by atoms with E-state index < -0.39 is 5.97 Å². The zero-order valence-corrected chi connectivity index (χ0v) is 21.5. The van der Waals surface area contributed by atoms with Crippen LogP contribution in [0.1, 0.15) is 31.8 Å². The van der Waals surface area contributed by atoms with Crippen molar-refractivity contribution in [3.63, 3.8) is 0 Å². The van der Waals surface area contributed by atoms with E-state index in [1.807, 2.05) is 36.4 Å². The SMILES string of the molecule is COc1cc(/C=N/NC(=O)c2ccc(OCc3ccccc3)cc2)ccc1OC(=O)c1cccc(Br)c1. The topological polar surface area (TPSA) is 86.2 Å². The van der Waals surface area contributed by atoms with Gasteiger partial charge in [-0.15, -0.1) is 0 Å². The van der Waals surface area contributed by atoms with E-state index in [2.05, 4.69) is 26.5 Å². The van der Waals surface area contributed by atoms with Gasteiger partial charge in [-0.1, -0.05) is 52.3 Å². The summed E-state index contributed by atoms with van der Waals surface area (Å²) in [5.74, 6) is 0.409. The summed E-state index contributed by atoms with van der Waals surface area (Å²) in [7, 11) is 1.47. The summed E-state index contributed by atoms with van der Waals surface area (Å²) in [4.78, 5) is 24.9. The third-order valence-electron chi connectivity index (χ3n) is 5.20. The Morgan fingerprint density at radius 2 is 1.65 bits per heavy atom. The second-order valence-electron chi connectivity index (χ2n) is 7.81. The minimum Gasteiger partial charge on any atom is -0.493 e. The molecule has 0 bridgehead atoms. The van der Waals surface area contributed by atoms with E-state index in [9.17, 15) is 9.59 Å². The number of ether oxygens (including phenoxy) is 3. The van der Waals surface area contributed by atoms with Crippen molar-refractivity contribution in [3.8, 4) is 17.2 Å². The quantitative estimate of drug-likeness (QED) is 0.117. The highest BCUT2D eigenvalue weighted by molar-refractivity contribution is 9.10. The number of nitrogens with one attached hydrogen (secondary N) is 1. The van der Waals surface area contributed by atoms with Crippen LogP contribution in [0, 0.1) is 0 Å². The maximum Gasteiger partial charge on any atom is 0.343 e. The van der Waals surface area contributed by atoms with E-state index in [4.69, 9.17) is 14.2 Å². The minimum absolute atomic E-state index is 0.267. The monoisotopic (exact) mass is 558 g/mol. The van der Waals surface area contributed by atoms with Gasteiger partial charge < -0.3 is 14.2 Å². The van der Waals surface area contributed by atoms with Crippen molar-refractivity contribution in [2.24, 2.45) is 5.10 Å². The Labute approximate surface area is 222 Å². The molecule has 0 radical (unpaired) electrons. The van der Waals surface area contributed by atoms with Crippen LogP contribution in [-0.2, 0) is 6.61 Å². The first kappa shape index (κ1) is 25.7. The van der Waals surface area contributed by atoms with E-state index in [-0.39, 0.29) is 11.7 Å². The zero-order chi connectivity index (χ0) is 26.0. The van der Waals surface area contributed by atoms with Gasteiger partial charge in [-0.3, -0.25) is 4.79 Å². The molecule has 8 heteroatoms. The maximum atomic E-state index is 12.4. The van der Waals surface area contributed by atoms with Crippen LogP contribution < -0.4 is 19.6 Å². The maximum absolute atomic E-state index is 12.4. The van der Waals surface area contributed by atoms with Crippen LogP contribution in [0.25, 0.3) is 0 Å². The standard InChI is InChI=1S/C29H23BrN2O5/c1-35-27-16-21(10-15-26(27)37-29(34)23-8-5-9-24(30)17-23)18-31-32-28(33)22-11-13-25(14-12-22)36-19-20-6-3-2-4-7-20/h2-18H,19H2,1H3,(H,32,33)/b31-18+. The van der Waals surface area contributed by atoms with Crippen molar-refractivity contribution in [2.45, 2.75) is 6.61 Å². The Balaban J connectivity index is 1.32. The normalized spacial score (nSPS) is 10.6. The van der Waals surface area contributed by atoms with E-state index in [0.29, 0.717) is 34.8 Å². The fraction of sp³-hybridized carbons (Fsp3) is 0.0690. The van der Waals surface area contributed by atoms with E-state index in [0.717, 1.165) is 10.0 Å². The average molecular weight is 559 g/mol. The second-order valence-corrected chi connectivity index (χ2v) is 8.72. The summed E-state index contributed by atoms with van der Waals surface area (Å²) in [6, 6.07) is 28.5. The summed E-state index contributed by atoms with van der Waals surface area (Å²) < 4.78 is 17.3. The number of hydrogen-bond acceptors (Lipinski definition) is 6. The zero-order valence-electron chi connectivity index (χ0n) is 19.9. The number of methoxy groups -OCH3 is 1. The van der Waals surface area contributed by atoms with E-state index in [1.165, 1.54) is 13.3 Å². The lowest BCUT2D eigenvalue weighted by Gasteiger charge is -2.10. The van der Waals surface area contributed by atoms with Crippen molar-refractivity contribution >= 4 is 34.0 Å². The first-order chi connectivity index (χ1) is 18.0. The van der Waals surface area contributed by atoms with Crippen molar-refractivity contribution in [3.05, 3.63) is 124 Å². The Morgan fingerprint density at radius 1 is 0.865 bits per heavy atom. The lowest BCUT2D eigenvalue weighted by atomic mass is 10.2. The first-order valence-corrected chi connectivity index (χ1v) is 12.1. The van der Waals surface area contributed by atoms with Crippen molar-refractivity contribution in [1.82, 2.24) is 5.43 Å². The van der Waals surface area contributed by atoms with Gasteiger partial charge in [0.25, 0.3) is 5.91 Å². The molecule has 4 aromatic rings. The van der Waals surface area contributed by atoms with Gasteiger partial charge in [-0.25, -0.2) is 10.2 Å². The molecule has 4 aromatic carbocycles. The number of amides is 1. The summed E-state index contributed by atoms with van der Waals surface area (Å²) in [5.41, 5.74) is 5.04. The van der Waals surface area contributed by atoms with Gasteiger partial charge in [0.15, 0.2) is 11.5 Å². The van der Waals surface area contributed by atoms with Crippen LogP contribution in [-0.4, -0.2) is 25.2 Å². The minimum atomic E-state index is -0.509. The van der Waals surface area contributed by atoms with Crippen molar-refractivity contribution in [2.75, 3.05) is 7.11 Å². The number of hydrogen-bond donors (Lipinski definition) is 1. The fourth-order valence-electron chi connectivity index (χ4n) is 3.30. The summed E-state index contributed by atoms with van der Waals surface area (Å²) >= 11 is 3.34. The highest BCUT2D eigenvalue weighted by atomic mass is 79.9. The average Bonchev–Trinajstić information content (AvgIpc) is 2.93. The molecule has 0 saturated heterocycles. The molecule has 186 valence electrons. The highest BCUT2D eigenvalue weighted by Gasteiger charge is 2.13. The Kier molecular flexibility index (Phi) is 8.67. The molecule has 37 heavy (non-hydrogen) atoms. The molecule has 0 fully saturated rings. The summed E-state index contributed by atoms with van der Waals surface area (Å²) in [6.45, 7) is 0.447. The van der Waals surface area contributed by atoms with Gasteiger partial charge in [0.1, 0.15) is 12.4 Å². The molecule has 0 aliphatic heterocycles. The molecule has 1 N–H and O–H groups in total. The number of nitrogens with zero attached hydrogens (tertiary/aromatic N) is 1. The molecule has 0 aliphatic carbocycles. The van der Waals surface area contributed by atoms with Gasteiger partial charge in [0, 0.05) is 10.0 Å². The largest absolute Gasteiger partial charge is 0.493 e. The molecule has 0 aliphatic rings. The third kappa shape index (κ3) is 7.28.